The summed E-state index contributed by atoms with van der Waals surface area (Å²) < 4.78 is 12.6. The Kier molecular flexibility index (Phi) is 7.99. The lowest BCUT2D eigenvalue weighted by atomic mass is 10.2. The first kappa shape index (κ1) is 24.3. The van der Waals surface area contributed by atoms with Gasteiger partial charge >= 0.3 is 0 Å². The van der Waals surface area contributed by atoms with Crippen molar-refractivity contribution in [1.29, 1.82) is 0 Å². The molecule has 1 amide bonds. The average molecular weight is 490 g/mol. The molecule has 180 valence electrons. The Bertz CT molecular complexity index is 1260. The molecule has 9 heteroatoms. The van der Waals surface area contributed by atoms with Gasteiger partial charge in [0.05, 0.1) is 26.0 Å². The van der Waals surface area contributed by atoms with Crippen LogP contribution in [0.4, 0.5) is 0 Å². The second-order valence-electron chi connectivity index (χ2n) is 7.79. The van der Waals surface area contributed by atoms with Gasteiger partial charge in [-0.15, -0.1) is 10.2 Å². The van der Waals surface area contributed by atoms with Gasteiger partial charge in [0.25, 0.3) is 0 Å². The Balaban J connectivity index is 1.49. The van der Waals surface area contributed by atoms with Crippen LogP contribution in [0.15, 0.2) is 78.2 Å². The van der Waals surface area contributed by atoms with E-state index in [0.29, 0.717) is 35.6 Å². The van der Waals surface area contributed by atoms with Crippen molar-refractivity contribution in [2.45, 2.75) is 30.4 Å². The minimum atomic E-state index is -0.379. The molecule has 1 N–H and O–H groups in total. The van der Waals surface area contributed by atoms with Crippen molar-refractivity contribution in [3.05, 3.63) is 84.2 Å². The molecule has 35 heavy (non-hydrogen) atoms. The Morgan fingerprint density at radius 2 is 1.80 bits per heavy atom. The number of carbonyl (C=O) groups is 1. The number of benzene rings is 2. The summed E-state index contributed by atoms with van der Waals surface area (Å²) in [6.45, 7) is 2.82. The van der Waals surface area contributed by atoms with E-state index in [1.165, 1.54) is 11.8 Å². The molecule has 0 bridgehead atoms. The minimum absolute atomic E-state index is 0.0954. The third kappa shape index (κ3) is 5.99. The number of hydrogen-bond donors (Lipinski definition) is 1. The lowest BCUT2D eigenvalue weighted by molar-refractivity contribution is -0.120. The van der Waals surface area contributed by atoms with Crippen LogP contribution in [0.3, 0.4) is 0 Å². The molecule has 0 aliphatic rings. The molecule has 8 nitrogen and oxygen atoms in total. The van der Waals surface area contributed by atoms with E-state index >= 15 is 0 Å². The number of nitrogens with one attached hydrogen (secondary N) is 1. The molecule has 2 aromatic carbocycles. The first-order valence-corrected chi connectivity index (χ1v) is 12.0. The number of thioether (sulfide) groups is 1. The van der Waals surface area contributed by atoms with Crippen molar-refractivity contribution in [3.8, 4) is 22.9 Å². The van der Waals surface area contributed by atoms with E-state index in [4.69, 9.17) is 9.47 Å². The monoisotopic (exact) mass is 489 g/mol. The van der Waals surface area contributed by atoms with Gasteiger partial charge < -0.3 is 14.8 Å². The maximum atomic E-state index is 12.9. The molecule has 4 rings (SSSR count). The van der Waals surface area contributed by atoms with Crippen LogP contribution >= 0.6 is 11.8 Å². The van der Waals surface area contributed by atoms with E-state index in [-0.39, 0.29) is 11.2 Å². The lowest BCUT2D eigenvalue weighted by Crippen LogP contribution is -2.30. The molecule has 0 aliphatic heterocycles. The zero-order valence-electron chi connectivity index (χ0n) is 19.8. The number of ether oxygens (including phenoxy) is 2. The van der Waals surface area contributed by atoms with Crippen LogP contribution in [0.2, 0.25) is 0 Å². The SMILES string of the molecule is COc1ccc(CNC(=O)C(C)Sc2nnc(-c3cccnc3)n2Cc2ccccc2)cc1OC. The number of nitrogens with zero attached hydrogens (tertiary/aromatic N) is 4. The van der Waals surface area contributed by atoms with Gasteiger partial charge in [0.15, 0.2) is 22.5 Å². The summed E-state index contributed by atoms with van der Waals surface area (Å²) in [6.07, 6.45) is 3.49. The van der Waals surface area contributed by atoms with Crippen LogP contribution < -0.4 is 14.8 Å². The molecule has 0 spiro atoms. The fraction of sp³-hybridized carbons (Fsp3) is 0.231. The van der Waals surface area contributed by atoms with Gasteiger partial charge in [0.1, 0.15) is 0 Å². The highest BCUT2D eigenvalue weighted by atomic mass is 32.2. The molecule has 1 atom stereocenters. The van der Waals surface area contributed by atoms with Crippen molar-refractivity contribution in [2.75, 3.05) is 14.2 Å². The maximum absolute atomic E-state index is 12.9. The molecule has 2 heterocycles. The topological polar surface area (TPSA) is 91.2 Å². The Morgan fingerprint density at radius 3 is 2.51 bits per heavy atom. The van der Waals surface area contributed by atoms with Crippen molar-refractivity contribution >= 4 is 17.7 Å². The molecular formula is C26H27N5O3S. The molecule has 0 saturated heterocycles. The van der Waals surface area contributed by atoms with Crippen molar-refractivity contribution in [1.82, 2.24) is 25.1 Å². The van der Waals surface area contributed by atoms with E-state index in [9.17, 15) is 4.79 Å². The van der Waals surface area contributed by atoms with E-state index in [1.807, 2.05) is 60.0 Å². The quantitative estimate of drug-likeness (QED) is 0.334. The highest BCUT2D eigenvalue weighted by Crippen LogP contribution is 2.29. The number of rotatable bonds is 10. The third-order valence-electron chi connectivity index (χ3n) is 5.39. The number of amides is 1. The largest absolute Gasteiger partial charge is 0.493 e. The van der Waals surface area contributed by atoms with Crippen LogP contribution in [0.5, 0.6) is 11.5 Å². The van der Waals surface area contributed by atoms with E-state index in [0.717, 1.165) is 16.7 Å². The van der Waals surface area contributed by atoms with Crippen molar-refractivity contribution < 1.29 is 14.3 Å². The van der Waals surface area contributed by atoms with Gasteiger partial charge in [-0.2, -0.15) is 0 Å². The first-order valence-electron chi connectivity index (χ1n) is 11.1. The average Bonchev–Trinajstić information content (AvgIpc) is 3.29. The van der Waals surface area contributed by atoms with Crippen LogP contribution in [-0.4, -0.2) is 45.1 Å². The predicted octanol–water partition coefficient (Wildman–Crippen LogP) is 4.20. The maximum Gasteiger partial charge on any atom is 0.233 e. The minimum Gasteiger partial charge on any atom is -0.493 e. The van der Waals surface area contributed by atoms with Crippen molar-refractivity contribution in [2.24, 2.45) is 0 Å². The molecule has 0 saturated carbocycles. The number of aromatic nitrogens is 4. The highest BCUT2D eigenvalue weighted by Gasteiger charge is 2.21. The zero-order valence-corrected chi connectivity index (χ0v) is 20.7. The standard InChI is InChI=1S/C26H27N5O3S/c1-18(25(32)28-15-20-11-12-22(33-2)23(14-20)34-3)35-26-30-29-24(21-10-7-13-27-16-21)31(26)17-19-8-5-4-6-9-19/h4-14,16,18H,15,17H2,1-3H3,(H,28,32). The molecule has 2 aromatic heterocycles. The summed E-state index contributed by atoms with van der Waals surface area (Å²) in [6, 6.07) is 19.5. The fourth-order valence-corrected chi connectivity index (χ4v) is 4.40. The van der Waals surface area contributed by atoms with Crippen molar-refractivity contribution in [3.63, 3.8) is 0 Å². The molecule has 0 radical (unpaired) electrons. The number of methoxy groups -OCH3 is 2. The molecular weight excluding hydrogens is 462 g/mol. The summed E-state index contributed by atoms with van der Waals surface area (Å²) in [7, 11) is 3.18. The lowest BCUT2D eigenvalue weighted by Gasteiger charge is -2.15. The Hall–Kier alpha value is -3.85. The third-order valence-corrected chi connectivity index (χ3v) is 6.47. The smallest absolute Gasteiger partial charge is 0.233 e. The molecule has 0 aliphatic carbocycles. The molecule has 1 unspecified atom stereocenters. The van der Waals surface area contributed by atoms with Gasteiger partial charge in [0.2, 0.25) is 5.91 Å². The van der Waals surface area contributed by atoms with Gasteiger partial charge in [-0.1, -0.05) is 48.2 Å². The van der Waals surface area contributed by atoms with E-state index < -0.39 is 0 Å². The predicted molar refractivity (Wildman–Crippen MR) is 136 cm³/mol. The second-order valence-corrected chi connectivity index (χ2v) is 9.09. The summed E-state index contributed by atoms with van der Waals surface area (Å²) >= 11 is 1.37. The second kappa shape index (κ2) is 11.5. The summed E-state index contributed by atoms with van der Waals surface area (Å²) in [5.74, 6) is 1.89. The Labute approximate surface area is 208 Å². The van der Waals surface area contributed by atoms with E-state index in [1.54, 1.807) is 26.6 Å². The number of pyridine rings is 1. The van der Waals surface area contributed by atoms with Crippen LogP contribution in [-0.2, 0) is 17.9 Å². The summed E-state index contributed by atoms with van der Waals surface area (Å²) in [4.78, 5) is 17.1. The number of carbonyl (C=O) groups excluding carboxylic acids is 1. The van der Waals surface area contributed by atoms with Crippen LogP contribution in [0.1, 0.15) is 18.1 Å². The van der Waals surface area contributed by atoms with Crippen LogP contribution in [0, 0.1) is 0 Å². The normalized spacial score (nSPS) is 11.6. The first-order chi connectivity index (χ1) is 17.1. The zero-order chi connectivity index (χ0) is 24.6. The highest BCUT2D eigenvalue weighted by molar-refractivity contribution is 8.00. The van der Waals surface area contributed by atoms with Crippen LogP contribution in [0.25, 0.3) is 11.4 Å². The van der Waals surface area contributed by atoms with Gasteiger partial charge in [-0.05, 0) is 42.3 Å². The number of hydrogen-bond acceptors (Lipinski definition) is 7. The Morgan fingerprint density at radius 1 is 1.00 bits per heavy atom. The molecule has 0 fully saturated rings. The van der Waals surface area contributed by atoms with Gasteiger partial charge in [-0.25, -0.2) is 0 Å². The van der Waals surface area contributed by atoms with Gasteiger partial charge in [-0.3, -0.25) is 14.3 Å². The van der Waals surface area contributed by atoms with Gasteiger partial charge in [0, 0.05) is 24.5 Å². The summed E-state index contributed by atoms with van der Waals surface area (Å²) in [5, 5.41) is 12.1. The molecule has 4 aromatic rings. The summed E-state index contributed by atoms with van der Waals surface area (Å²) in [5.41, 5.74) is 2.90. The van der Waals surface area contributed by atoms with E-state index in [2.05, 4.69) is 32.6 Å². The fourth-order valence-electron chi connectivity index (χ4n) is 3.53.